The molecule has 1 aliphatic heterocycles. The number of amides is 3. The normalized spacial score (nSPS) is 18.2. The summed E-state index contributed by atoms with van der Waals surface area (Å²) < 4.78 is 0. The molecular formula is C20H31N3O2. The Morgan fingerprint density at radius 3 is 2.24 bits per heavy atom. The molecule has 1 heterocycles. The molecule has 2 rings (SSSR count). The van der Waals surface area contributed by atoms with E-state index < -0.39 is 6.04 Å². The summed E-state index contributed by atoms with van der Waals surface area (Å²) in [7, 11) is 0. The maximum atomic E-state index is 12.5. The smallest absolute Gasteiger partial charge is 0.324 e. The summed E-state index contributed by atoms with van der Waals surface area (Å²) >= 11 is 0. The molecule has 0 saturated carbocycles. The van der Waals surface area contributed by atoms with Crippen molar-refractivity contribution in [1.82, 2.24) is 15.5 Å². The number of imide groups is 1. The lowest BCUT2D eigenvalue weighted by molar-refractivity contribution is -0.129. The van der Waals surface area contributed by atoms with Gasteiger partial charge in [0.15, 0.2) is 0 Å². The van der Waals surface area contributed by atoms with Crippen LogP contribution in [0.4, 0.5) is 4.79 Å². The highest BCUT2D eigenvalue weighted by atomic mass is 16.2. The van der Waals surface area contributed by atoms with Crippen LogP contribution in [-0.4, -0.2) is 36.0 Å². The highest BCUT2D eigenvalue weighted by Crippen LogP contribution is 2.26. The third-order valence-electron chi connectivity index (χ3n) is 5.07. The first kappa shape index (κ1) is 19.4. The van der Waals surface area contributed by atoms with Gasteiger partial charge in [-0.2, -0.15) is 0 Å². The minimum atomic E-state index is -0.412. The zero-order valence-electron chi connectivity index (χ0n) is 16.0. The molecule has 0 bridgehead atoms. The van der Waals surface area contributed by atoms with E-state index in [1.165, 1.54) is 16.0 Å². The van der Waals surface area contributed by atoms with Crippen LogP contribution >= 0.6 is 0 Å². The minimum absolute atomic E-state index is 0.0654. The summed E-state index contributed by atoms with van der Waals surface area (Å²) in [5.74, 6) is 0.711. The van der Waals surface area contributed by atoms with Gasteiger partial charge >= 0.3 is 6.03 Å². The highest BCUT2D eigenvalue weighted by molar-refractivity contribution is 5.98. The average molecular weight is 345 g/mol. The lowest BCUT2D eigenvalue weighted by Crippen LogP contribution is -2.47. The molecule has 1 aromatic rings. The molecule has 1 saturated heterocycles. The SMILES string of the molecule is CC[C@@H](C)c1ccc([C@@H](N[C@@H](C)C(=O)N2CCNC2=O)C(C)C)cc1. The molecule has 1 aromatic carbocycles. The quantitative estimate of drug-likeness (QED) is 0.796. The molecule has 5 nitrogen and oxygen atoms in total. The minimum Gasteiger partial charge on any atom is -0.336 e. The molecule has 5 heteroatoms. The molecule has 0 radical (unpaired) electrons. The molecule has 3 atom stereocenters. The van der Waals surface area contributed by atoms with Gasteiger partial charge in [-0.3, -0.25) is 15.0 Å². The second kappa shape index (κ2) is 8.48. The van der Waals surface area contributed by atoms with Crippen LogP contribution in [0.15, 0.2) is 24.3 Å². The van der Waals surface area contributed by atoms with Gasteiger partial charge in [-0.25, -0.2) is 4.79 Å². The van der Waals surface area contributed by atoms with Crippen molar-refractivity contribution >= 4 is 11.9 Å². The number of rotatable bonds is 7. The number of nitrogens with one attached hydrogen (secondary N) is 2. The molecular weight excluding hydrogens is 314 g/mol. The van der Waals surface area contributed by atoms with Crippen LogP contribution in [0.3, 0.4) is 0 Å². The van der Waals surface area contributed by atoms with E-state index in [1.807, 2.05) is 6.92 Å². The number of hydrogen-bond donors (Lipinski definition) is 2. The first-order valence-corrected chi connectivity index (χ1v) is 9.30. The summed E-state index contributed by atoms with van der Waals surface area (Å²) in [6.45, 7) is 11.5. The molecule has 0 spiro atoms. The molecule has 3 amide bonds. The van der Waals surface area contributed by atoms with Gasteiger partial charge in [0.25, 0.3) is 0 Å². The van der Waals surface area contributed by atoms with Gasteiger partial charge in [0.2, 0.25) is 5.91 Å². The van der Waals surface area contributed by atoms with Gasteiger partial charge in [-0.1, -0.05) is 52.0 Å². The zero-order valence-corrected chi connectivity index (χ0v) is 16.0. The average Bonchev–Trinajstić information content (AvgIpc) is 3.03. The Bertz CT molecular complexity index is 597. The van der Waals surface area contributed by atoms with Gasteiger partial charge in [-0.15, -0.1) is 0 Å². The third-order valence-corrected chi connectivity index (χ3v) is 5.07. The predicted octanol–water partition coefficient (Wildman–Crippen LogP) is 3.43. The Morgan fingerprint density at radius 2 is 1.76 bits per heavy atom. The molecule has 0 aliphatic carbocycles. The van der Waals surface area contributed by atoms with E-state index >= 15 is 0 Å². The fourth-order valence-corrected chi connectivity index (χ4v) is 3.20. The lowest BCUT2D eigenvalue weighted by atomic mass is 9.91. The number of urea groups is 1. The van der Waals surface area contributed by atoms with Crippen LogP contribution in [0.5, 0.6) is 0 Å². The van der Waals surface area contributed by atoms with Crippen molar-refractivity contribution < 1.29 is 9.59 Å². The zero-order chi connectivity index (χ0) is 18.6. The summed E-state index contributed by atoms with van der Waals surface area (Å²) in [6.07, 6.45) is 1.12. The van der Waals surface area contributed by atoms with Crippen molar-refractivity contribution in [3.05, 3.63) is 35.4 Å². The van der Waals surface area contributed by atoms with Crippen molar-refractivity contribution in [3.63, 3.8) is 0 Å². The maximum Gasteiger partial charge on any atom is 0.324 e. The van der Waals surface area contributed by atoms with E-state index in [0.717, 1.165) is 6.42 Å². The summed E-state index contributed by atoms with van der Waals surface area (Å²) in [5, 5.41) is 6.10. The van der Waals surface area contributed by atoms with Crippen LogP contribution in [0, 0.1) is 5.92 Å². The molecule has 0 aromatic heterocycles. The van der Waals surface area contributed by atoms with Crippen molar-refractivity contribution in [2.45, 2.75) is 59.0 Å². The highest BCUT2D eigenvalue weighted by Gasteiger charge is 2.31. The third kappa shape index (κ3) is 4.60. The van der Waals surface area contributed by atoms with E-state index in [4.69, 9.17) is 0 Å². The number of nitrogens with zero attached hydrogens (tertiary/aromatic N) is 1. The van der Waals surface area contributed by atoms with Crippen LogP contribution < -0.4 is 10.6 Å². The molecule has 0 unspecified atom stereocenters. The number of hydrogen-bond acceptors (Lipinski definition) is 3. The van der Waals surface area contributed by atoms with Crippen molar-refractivity contribution in [1.29, 1.82) is 0 Å². The largest absolute Gasteiger partial charge is 0.336 e. The fourth-order valence-electron chi connectivity index (χ4n) is 3.20. The Hall–Kier alpha value is -1.88. The molecule has 1 aliphatic rings. The Balaban J connectivity index is 2.10. The van der Waals surface area contributed by atoms with E-state index in [9.17, 15) is 9.59 Å². The summed E-state index contributed by atoms with van der Waals surface area (Å²) in [5.41, 5.74) is 2.51. The van der Waals surface area contributed by atoms with Crippen molar-refractivity contribution in [2.24, 2.45) is 5.92 Å². The first-order chi connectivity index (χ1) is 11.8. The molecule has 2 N–H and O–H groups in total. The van der Waals surface area contributed by atoms with Crippen molar-refractivity contribution in [2.75, 3.05) is 13.1 Å². The number of carbonyl (C=O) groups excluding carboxylic acids is 2. The van der Waals surface area contributed by atoms with Gasteiger partial charge in [0.05, 0.1) is 6.04 Å². The summed E-state index contributed by atoms with van der Waals surface area (Å²) in [6, 6.07) is 8.03. The van der Waals surface area contributed by atoms with Gasteiger partial charge in [-0.05, 0) is 36.3 Å². The standard InChI is InChI=1S/C20H31N3O2/c1-6-14(4)16-7-9-17(10-8-16)18(13(2)3)22-15(5)19(24)23-12-11-21-20(23)25/h7-10,13-15,18,22H,6,11-12H2,1-5H3,(H,21,25)/t14-,15+,18+/m1/s1. The van der Waals surface area contributed by atoms with Crippen LogP contribution in [0.2, 0.25) is 0 Å². The predicted molar refractivity (Wildman–Crippen MR) is 100 cm³/mol. The van der Waals surface area contributed by atoms with Crippen LogP contribution in [0.1, 0.15) is 64.1 Å². The summed E-state index contributed by atoms with van der Waals surface area (Å²) in [4.78, 5) is 25.5. The Kier molecular flexibility index (Phi) is 6.59. The molecule has 138 valence electrons. The first-order valence-electron chi connectivity index (χ1n) is 9.30. The van der Waals surface area contributed by atoms with Crippen LogP contribution in [0.25, 0.3) is 0 Å². The van der Waals surface area contributed by atoms with E-state index in [1.54, 1.807) is 0 Å². The lowest BCUT2D eigenvalue weighted by Gasteiger charge is -2.28. The molecule has 25 heavy (non-hydrogen) atoms. The van der Waals surface area contributed by atoms with Gasteiger partial charge in [0.1, 0.15) is 0 Å². The van der Waals surface area contributed by atoms with Crippen LogP contribution in [-0.2, 0) is 4.79 Å². The topological polar surface area (TPSA) is 61.4 Å². The van der Waals surface area contributed by atoms with E-state index in [2.05, 4.69) is 62.6 Å². The number of carbonyl (C=O) groups is 2. The van der Waals surface area contributed by atoms with Gasteiger partial charge < -0.3 is 5.32 Å². The van der Waals surface area contributed by atoms with E-state index in [0.29, 0.717) is 24.9 Å². The number of benzene rings is 1. The Labute approximate surface area is 151 Å². The Morgan fingerprint density at radius 1 is 1.16 bits per heavy atom. The maximum absolute atomic E-state index is 12.5. The fraction of sp³-hybridized carbons (Fsp3) is 0.600. The second-order valence-electron chi connectivity index (χ2n) is 7.31. The second-order valence-corrected chi connectivity index (χ2v) is 7.31. The van der Waals surface area contributed by atoms with Crippen molar-refractivity contribution in [3.8, 4) is 0 Å². The van der Waals surface area contributed by atoms with Gasteiger partial charge in [0, 0.05) is 19.1 Å². The van der Waals surface area contributed by atoms with E-state index in [-0.39, 0.29) is 18.0 Å². The monoisotopic (exact) mass is 345 g/mol. The molecule has 1 fully saturated rings.